The molecule has 0 heterocycles. The first-order chi connectivity index (χ1) is 4.22. The Morgan fingerprint density at radius 3 is 2.78 bits per heavy atom. The lowest BCUT2D eigenvalue weighted by Gasteiger charge is -1.92. The van der Waals surface area contributed by atoms with E-state index in [4.69, 9.17) is 6.57 Å². The van der Waals surface area contributed by atoms with Gasteiger partial charge in [-0.3, -0.25) is 0 Å². The number of esters is 1. The van der Waals surface area contributed by atoms with E-state index in [0.717, 1.165) is 0 Å². The molecule has 3 heteroatoms. The molecular weight excluding hydrogens is 118 g/mol. The molecule has 48 valence electrons. The topological polar surface area (TPSA) is 30.7 Å². The van der Waals surface area contributed by atoms with Crippen molar-refractivity contribution < 1.29 is 9.53 Å². The Balaban J connectivity index is 3.77. The number of carbonyl (C=O) groups is 1. The minimum absolute atomic E-state index is 0.0205. The Morgan fingerprint density at radius 2 is 2.44 bits per heavy atom. The highest BCUT2D eigenvalue weighted by molar-refractivity contribution is 5.88. The van der Waals surface area contributed by atoms with Crippen molar-refractivity contribution in [3.63, 3.8) is 0 Å². The second-order valence-electron chi connectivity index (χ2n) is 1.41. The Bertz CT molecular complexity index is 166. The highest BCUT2D eigenvalue weighted by atomic mass is 16.5. The van der Waals surface area contributed by atoms with Crippen LogP contribution >= 0.6 is 0 Å². The van der Waals surface area contributed by atoms with Gasteiger partial charge in [0.25, 0.3) is 0 Å². The molecule has 0 saturated heterocycles. The molecular formula is C6H7NO2. The van der Waals surface area contributed by atoms with Crippen molar-refractivity contribution in [2.75, 3.05) is 13.7 Å². The Hall–Kier alpha value is -1.30. The summed E-state index contributed by atoms with van der Waals surface area (Å²) < 4.78 is 4.28. The molecule has 9 heavy (non-hydrogen) atoms. The Morgan fingerprint density at radius 1 is 1.89 bits per heavy atom. The van der Waals surface area contributed by atoms with Crippen LogP contribution in [-0.4, -0.2) is 19.6 Å². The standard InChI is InChI=1S/C6H7NO2/c1-5(4-7-2)6(8)9-3/h1,4H2,3H3. The lowest BCUT2D eigenvalue weighted by molar-refractivity contribution is -0.136. The number of hydrogen-bond donors (Lipinski definition) is 0. The maximum atomic E-state index is 10.4. The number of rotatable bonds is 2. The summed E-state index contributed by atoms with van der Waals surface area (Å²) in [6, 6.07) is 0. The third-order valence-corrected chi connectivity index (χ3v) is 0.744. The van der Waals surface area contributed by atoms with E-state index in [1.54, 1.807) is 0 Å². The smallest absolute Gasteiger partial charge is 0.340 e. The summed E-state index contributed by atoms with van der Waals surface area (Å²) in [4.78, 5) is 13.4. The average Bonchev–Trinajstić information content (AvgIpc) is 1.87. The van der Waals surface area contributed by atoms with Gasteiger partial charge in [0, 0.05) is 0 Å². The summed E-state index contributed by atoms with van der Waals surface area (Å²) in [6.45, 7) is 9.71. The van der Waals surface area contributed by atoms with Crippen molar-refractivity contribution in [3.05, 3.63) is 23.6 Å². The molecule has 0 aliphatic carbocycles. The van der Waals surface area contributed by atoms with Gasteiger partial charge in [-0.1, -0.05) is 6.58 Å². The van der Waals surface area contributed by atoms with Crippen LogP contribution < -0.4 is 0 Å². The first-order valence-corrected chi connectivity index (χ1v) is 2.31. The molecule has 0 aromatic rings. The molecule has 0 spiro atoms. The minimum atomic E-state index is -0.508. The van der Waals surface area contributed by atoms with Crippen LogP contribution in [0, 0.1) is 6.57 Å². The fourth-order valence-electron chi connectivity index (χ4n) is 0.304. The second kappa shape index (κ2) is 3.67. The van der Waals surface area contributed by atoms with Crippen LogP contribution in [0.5, 0.6) is 0 Å². The van der Waals surface area contributed by atoms with E-state index in [1.165, 1.54) is 7.11 Å². The largest absolute Gasteiger partial charge is 0.465 e. The number of carbonyl (C=O) groups excluding carboxylic acids is 1. The molecule has 0 bridgehead atoms. The zero-order valence-electron chi connectivity index (χ0n) is 5.18. The molecule has 0 atom stereocenters. The summed E-state index contributed by atoms with van der Waals surface area (Å²) >= 11 is 0. The van der Waals surface area contributed by atoms with Crippen LogP contribution in [0.2, 0.25) is 0 Å². The van der Waals surface area contributed by atoms with Gasteiger partial charge >= 0.3 is 5.97 Å². The second-order valence-corrected chi connectivity index (χ2v) is 1.41. The van der Waals surface area contributed by atoms with Crippen LogP contribution in [0.4, 0.5) is 0 Å². The van der Waals surface area contributed by atoms with Gasteiger partial charge in [-0.15, -0.1) is 0 Å². The summed E-state index contributed by atoms with van der Waals surface area (Å²) in [5.74, 6) is -0.508. The molecule has 0 aliphatic rings. The fourth-order valence-corrected chi connectivity index (χ4v) is 0.304. The summed E-state index contributed by atoms with van der Waals surface area (Å²) in [5.41, 5.74) is 0.201. The predicted octanol–water partition coefficient (Wildman–Crippen LogP) is 0.635. The fraction of sp³-hybridized carbons (Fsp3) is 0.333. The molecule has 0 saturated carbocycles. The average molecular weight is 125 g/mol. The predicted molar refractivity (Wildman–Crippen MR) is 32.6 cm³/mol. The van der Waals surface area contributed by atoms with Crippen molar-refractivity contribution >= 4 is 5.97 Å². The van der Waals surface area contributed by atoms with Crippen LogP contribution in [0.3, 0.4) is 0 Å². The van der Waals surface area contributed by atoms with Gasteiger partial charge in [0.15, 0.2) is 0 Å². The molecule has 0 aromatic carbocycles. The number of hydrogen-bond acceptors (Lipinski definition) is 2. The van der Waals surface area contributed by atoms with Crippen molar-refractivity contribution in [2.24, 2.45) is 0 Å². The number of methoxy groups -OCH3 is 1. The molecule has 0 radical (unpaired) electrons. The van der Waals surface area contributed by atoms with Crippen molar-refractivity contribution in [3.8, 4) is 0 Å². The van der Waals surface area contributed by atoms with E-state index in [2.05, 4.69) is 16.2 Å². The highest BCUT2D eigenvalue weighted by Gasteiger charge is 2.07. The van der Waals surface area contributed by atoms with Crippen LogP contribution in [0.1, 0.15) is 0 Å². The monoisotopic (exact) mass is 125 g/mol. The SMILES string of the molecule is [C-]#[N+]CC(=C)C(=O)OC. The normalized spacial score (nSPS) is 7.56. The summed E-state index contributed by atoms with van der Waals surface area (Å²) in [7, 11) is 1.26. The Labute approximate surface area is 53.8 Å². The zero-order valence-corrected chi connectivity index (χ0v) is 5.18. The van der Waals surface area contributed by atoms with Crippen LogP contribution in [-0.2, 0) is 9.53 Å². The minimum Gasteiger partial charge on any atom is -0.465 e. The zero-order chi connectivity index (χ0) is 7.28. The van der Waals surface area contributed by atoms with E-state index in [0.29, 0.717) is 0 Å². The van der Waals surface area contributed by atoms with Gasteiger partial charge in [0.2, 0.25) is 6.54 Å². The van der Waals surface area contributed by atoms with E-state index in [-0.39, 0.29) is 12.1 Å². The van der Waals surface area contributed by atoms with E-state index in [9.17, 15) is 4.79 Å². The highest BCUT2D eigenvalue weighted by Crippen LogP contribution is 1.92. The van der Waals surface area contributed by atoms with Crippen LogP contribution in [0.15, 0.2) is 12.2 Å². The van der Waals surface area contributed by atoms with Crippen molar-refractivity contribution in [1.29, 1.82) is 0 Å². The van der Waals surface area contributed by atoms with E-state index in [1.807, 2.05) is 0 Å². The molecule has 0 aliphatic heterocycles. The maximum absolute atomic E-state index is 10.4. The molecule has 0 aromatic heterocycles. The van der Waals surface area contributed by atoms with Crippen LogP contribution in [0.25, 0.3) is 4.85 Å². The third kappa shape index (κ3) is 2.50. The molecule has 0 rings (SSSR count). The first-order valence-electron chi connectivity index (χ1n) is 2.31. The molecule has 0 amide bonds. The molecule has 0 N–H and O–H groups in total. The quantitative estimate of drug-likeness (QED) is 0.308. The van der Waals surface area contributed by atoms with Gasteiger partial charge in [-0.05, 0) is 0 Å². The Kier molecular flexibility index (Phi) is 3.14. The van der Waals surface area contributed by atoms with Gasteiger partial charge < -0.3 is 9.58 Å². The lowest BCUT2D eigenvalue weighted by atomic mass is 10.3. The summed E-state index contributed by atoms with van der Waals surface area (Å²) in [5, 5.41) is 0. The number of ether oxygens (including phenoxy) is 1. The number of nitrogens with zero attached hydrogens (tertiary/aromatic N) is 1. The molecule has 3 nitrogen and oxygen atoms in total. The van der Waals surface area contributed by atoms with Gasteiger partial charge in [-0.25, -0.2) is 11.4 Å². The first kappa shape index (κ1) is 7.70. The van der Waals surface area contributed by atoms with Gasteiger partial charge in [0.05, 0.1) is 7.11 Å². The lowest BCUT2D eigenvalue weighted by Crippen LogP contribution is -2.04. The van der Waals surface area contributed by atoms with E-state index >= 15 is 0 Å². The molecule has 0 unspecified atom stereocenters. The van der Waals surface area contributed by atoms with Crippen molar-refractivity contribution in [2.45, 2.75) is 0 Å². The maximum Gasteiger partial charge on any atom is 0.340 e. The van der Waals surface area contributed by atoms with Gasteiger partial charge in [0.1, 0.15) is 5.57 Å². The van der Waals surface area contributed by atoms with E-state index < -0.39 is 5.97 Å². The summed E-state index contributed by atoms with van der Waals surface area (Å²) in [6.07, 6.45) is 0. The van der Waals surface area contributed by atoms with Crippen molar-refractivity contribution in [1.82, 2.24) is 0 Å². The molecule has 0 fully saturated rings. The van der Waals surface area contributed by atoms with Gasteiger partial charge in [-0.2, -0.15) is 0 Å². The third-order valence-electron chi connectivity index (χ3n) is 0.744.